The van der Waals surface area contributed by atoms with Crippen LogP contribution in [0.4, 0.5) is 4.39 Å². The molecule has 0 saturated heterocycles. The first-order valence-electron chi connectivity index (χ1n) is 7.21. The van der Waals surface area contributed by atoms with Gasteiger partial charge < -0.3 is 4.74 Å². The zero-order valence-electron chi connectivity index (χ0n) is 11.7. The van der Waals surface area contributed by atoms with Crippen LogP contribution in [-0.4, -0.2) is 12.8 Å². The number of ether oxygens (including phenoxy) is 1. The van der Waals surface area contributed by atoms with Gasteiger partial charge in [-0.3, -0.25) is 0 Å². The molecule has 0 bridgehead atoms. The lowest BCUT2D eigenvalue weighted by Gasteiger charge is -2.41. The van der Waals surface area contributed by atoms with E-state index in [2.05, 4.69) is 6.07 Å². The summed E-state index contributed by atoms with van der Waals surface area (Å²) in [5.74, 6) is 0. The second kappa shape index (κ2) is 5.37. The van der Waals surface area contributed by atoms with Crippen LogP contribution in [0.3, 0.4) is 0 Å². The molecule has 0 N–H and O–H groups in total. The van der Waals surface area contributed by atoms with Gasteiger partial charge in [0.25, 0.3) is 0 Å². The number of rotatable bonds is 3. The van der Waals surface area contributed by atoms with Crippen molar-refractivity contribution in [2.75, 3.05) is 6.61 Å². The Hall–Kier alpha value is -1.67. The predicted molar refractivity (Wildman–Crippen MR) is 78.5 cm³/mol. The van der Waals surface area contributed by atoms with E-state index in [0.717, 1.165) is 17.5 Å². The maximum absolute atomic E-state index is 14.9. The van der Waals surface area contributed by atoms with E-state index in [1.165, 1.54) is 5.56 Å². The summed E-state index contributed by atoms with van der Waals surface area (Å²) in [6, 6.07) is 17.8. The van der Waals surface area contributed by atoms with Crippen molar-refractivity contribution >= 4 is 0 Å². The molecule has 0 aliphatic heterocycles. The van der Waals surface area contributed by atoms with E-state index in [0.29, 0.717) is 13.0 Å². The molecule has 1 nitrogen and oxygen atoms in total. The van der Waals surface area contributed by atoms with Crippen molar-refractivity contribution in [3.63, 3.8) is 0 Å². The van der Waals surface area contributed by atoms with Crippen LogP contribution in [-0.2, 0) is 16.8 Å². The molecule has 2 atom stereocenters. The van der Waals surface area contributed by atoms with Gasteiger partial charge in [-0.05, 0) is 36.5 Å². The van der Waals surface area contributed by atoms with E-state index in [4.69, 9.17) is 4.74 Å². The van der Waals surface area contributed by atoms with Gasteiger partial charge in [0.2, 0.25) is 0 Å². The summed E-state index contributed by atoms with van der Waals surface area (Å²) in [5.41, 5.74) is 2.12. The number of aryl methyl sites for hydroxylation is 1. The normalized spacial score (nSPS) is 25.2. The molecule has 0 saturated carbocycles. The highest BCUT2D eigenvalue weighted by atomic mass is 19.1. The maximum Gasteiger partial charge on any atom is 0.149 e. The number of hydrogen-bond acceptors (Lipinski definition) is 1. The van der Waals surface area contributed by atoms with Crippen LogP contribution in [0.25, 0.3) is 0 Å². The van der Waals surface area contributed by atoms with Crippen molar-refractivity contribution in [1.29, 1.82) is 0 Å². The number of benzene rings is 2. The van der Waals surface area contributed by atoms with Crippen LogP contribution in [0.1, 0.15) is 30.0 Å². The molecule has 2 aromatic carbocycles. The molecule has 1 aliphatic rings. The van der Waals surface area contributed by atoms with Crippen molar-refractivity contribution in [3.8, 4) is 0 Å². The Morgan fingerprint density at radius 3 is 2.55 bits per heavy atom. The molecule has 2 aromatic rings. The fourth-order valence-corrected chi connectivity index (χ4v) is 3.26. The molecule has 0 spiro atoms. The summed E-state index contributed by atoms with van der Waals surface area (Å²) in [6.45, 7) is 2.41. The molecule has 2 heteroatoms. The van der Waals surface area contributed by atoms with Crippen molar-refractivity contribution in [3.05, 3.63) is 71.3 Å². The summed E-state index contributed by atoms with van der Waals surface area (Å²) in [4.78, 5) is 0. The highest BCUT2D eigenvalue weighted by Gasteiger charge is 2.47. The SMILES string of the molecule is CCO[C@]1(c2ccccc2)c2ccccc2CC[C@H]1F. The summed E-state index contributed by atoms with van der Waals surface area (Å²) >= 11 is 0. The smallest absolute Gasteiger partial charge is 0.149 e. The van der Waals surface area contributed by atoms with Gasteiger partial charge in [-0.1, -0.05) is 54.6 Å². The minimum atomic E-state index is -1.01. The molecule has 0 unspecified atom stereocenters. The minimum Gasteiger partial charge on any atom is -0.363 e. The van der Waals surface area contributed by atoms with Crippen LogP contribution in [0.2, 0.25) is 0 Å². The van der Waals surface area contributed by atoms with Gasteiger partial charge in [0.05, 0.1) is 0 Å². The molecule has 20 heavy (non-hydrogen) atoms. The molecule has 0 amide bonds. The van der Waals surface area contributed by atoms with Gasteiger partial charge in [-0.25, -0.2) is 4.39 Å². The first kappa shape index (κ1) is 13.3. The second-order valence-corrected chi connectivity index (χ2v) is 5.20. The van der Waals surface area contributed by atoms with Crippen LogP contribution in [0.15, 0.2) is 54.6 Å². The van der Waals surface area contributed by atoms with Gasteiger partial charge in [-0.2, -0.15) is 0 Å². The van der Waals surface area contributed by atoms with E-state index in [-0.39, 0.29) is 0 Å². The van der Waals surface area contributed by atoms with Crippen LogP contribution in [0, 0.1) is 0 Å². The lowest BCUT2D eigenvalue weighted by molar-refractivity contribution is -0.0757. The predicted octanol–water partition coefficient (Wildman–Crippen LogP) is 4.25. The Labute approximate surface area is 119 Å². The zero-order chi connectivity index (χ0) is 14.0. The Morgan fingerprint density at radius 1 is 1.10 bits per heavy atom. The highest BCUT2D eigenvalue weighted by molar-refractivity contribution is 5.45. The van der Waals surface area contributed by atoms with Gasteiger partial charge in [0.1, 0.15) is 11.8 Å². The molecule has 0 heterocycles. The molecular formula is C18H19FO. The third kappa shape index (κ3) is 1.95. The lowest BCUT2D eigenvalue weighted by atomic mass is 9.73. The summed E-state index contributed by atoms with van der Waals surface area (Å²) in [6.07, 6.45) is 0.269. The van der Waals surface area contributed by atoms with Crippen LogP contribution >= 0.6 is 0 Å². The van der Waals surface area contributed by atoms with Gasteiger partial charge in [0, 0.05) is 6.61 Å². The van der Waals surface area contributed by atoms with E-state index in [9.17, 15) is 4.39 Å². The molecule has 0 aromatic heterocycles. The summed E-state index contributed by atoms with van der Waals surface area (Å²) in [5, 5.41) is 0. The highest BCUT2D eigenvalue weighted by Crippen LogP contribution is 2.45. The van der Waals surface area contributed by atoms with Gasteiger partial charge >= 0.3 is 0 Å². The standard InChI is InChI=1S/C18H19FO/c1-2-20-18(15-9-4-3-5-10-15)16-11-7-6-8-14(16)12-13-17(18)19/h3-11,17H,2,12-13H2,1H3/t17-,18-/m1/s1. The largest absolute Gasteiger partial charge is 0.363 e. The maximum atomic E-state index is 14.9. The molecule has 0 fully saturated rings. The Bertz CT molecular complexity index is 581. The average Bonchev–Trinajstić information content (AvgIpc) is 2.51. The summed E-state index contributed by atoms with van der Waals surface area (Å²) < 4.78 is 20.9. The fraction of sp³-hybridized carbons (Fsp3) is 0.333. The topological polar surface area (TPSA) is 9.23 Å². The molecule has 3 rings (SSSR count). The van der Waals surface area contributed by atoms with E-state index < -0.39 is 11.8 Å². The molecule has 1 aliphatic carbocycles. The Balaban J connectivity index is 2.23. The molecular weight excluding hydrogens is 251 g/mol. The number of halogens is 1. The second-order valence-electron chi connectivity index (χ2n) is 5.20. The minimum absolute atomic E-state index is 0.490. The van der Waals surface area contributed by atoms with E-state index in [1.807, 2.05) is 55.5 Å². The number of alkyl halides is 1. The first-order chi connectivity index (χ1) is 9.79. The number of hydrogen-bond donors (Lipinski definition) is 0. The van der Waals surface area contributed by atoms with Gasteiger partial charge in [0.15, 0.2) is 0 Å². The molecule has 0 radical (unpaired) electrons. The number of fused-ring (bicyclic) bond motifs is 1. The Morgan fingerprint density at radius 2 is 1.80 bits per heavy atom. The zero-order valence-corrected chi connectivity index (χ0v) is 11.7. The van der Waals surface area contributed by atoms with E-state index in [1.54, 1.807) is 0 Å². The average molecular weight is 270 g/mol. The third-order valence-electron chi connectivity index (χ3n) is 4.10. The first-order valence-corrected chi connectivity index (χ1v) is 7.21. The van der Waals surface area contributed by atoms with Crippen LogP contribution < -0.4 is 0 Å². The van der Waals surface area contributed by atoms with Crippen molar-refractivity contribution in [2.24, 2.45) is 0 Å². The van der Waals surface area contributed by atoms with Crippen molar-refractivity contribution in [1.82, 2.24) is 0 Å². The summed E-state index contributed by atoms with van der Waals surface area (Å²) in [7, 11) is 0. The fourth-order valence-electron chi connectivity index (χ4n) is 3.26. The molecule has 104 valence electrons. The Kier molecular flexibility index (Phi) is 3.58. The third-order valence-corrected chi connectivity index (χ3v) is 4.10. The van der Waals surface area contributed by atoms with E-state index >= 15 is 0 Å². The quantitative estimate of drug-likeness (QED) is 0.810. The monoisotopic (exact) mass is 270 g/mol. The lowest BCUT2D eigenvalue weighted by Crippen LogP contribution is -2.44. The van der Waals surface area contributed by atoms with Crippen molar-refractivity contribution < 1.29 is 9.13 Å². The van der Waals surface area contributed by atoms with Crippen LogP contribution in [0.5, 0.6) is 0 Å². The van der Waals surface area contributed by atoms with Gasteiger partial charge in [-0.15, -0.1) is 0 Å². The van der Waals surface area contributed by atoms with Crippen molar-refractivity contribution in [2.45, 2.75) is 31.5 Å².